The molecule has 210 valence electrons. The van der Waals surface area contributed by atoms with Crippen LogP contribution in [0.1, 0.15) is 81.1 Å². The topological polar surface area (TPSA) is 154 Å². The van der Waals surface area contributed by atoms with E-state index in [2.05, 4.69) is 29.8 Å². The van der Waals surface area contributed by atoms with Gasteiger partial charge in [-0.15, -0.1) is 0 Å². The van der Waals surface area contributed by atoms with Gasteiger partial charge in [-0.1, -0.05) is 53.9 Å². The van der Waals surface area contributed by atoms with Crippen LogP contribution in [-0.4, -0.2) is 70.1 Å². The molecular formula is C27H47N5O5. The minimum Gasteiger partial charge on any atom is -0.381 e. The van der Waals surface area contributed by atoms with Gasteiger partial charge < -0.3 is 31.7 Å². The fourth-order valence-corrected chi connectivity index (χ4v) is 5.96. The van der Waals surface area contributed by atoms with Gasteiger partial charge in [-0.3, -0.25) is 14.4 Å². The van der Waals surface area contributed by atoms with Crippen molar-refractivity contribution in [2.75, 3.05) is 6.54 Å². The highest BCUT2D eigenvalue weighted by molar-refractivity contribution is 5.94. The Labute approximate surface area is 220 Å². The summed E-state index contributed by atoms with van der Waals surface area (Å²) in [6.45, 7) is 15.8. The second-order valence-corrected chi connectivity index (χ2v) is 14.0. The molecule has 0 aromatic carbocycles. The first-order chi connectivity index (χ1) is 16.8. The highest BCUT2D eigenvalue weighted by Crippen LogP contribution is 2.65. The maximum atomic E-state index is 13.9. The lowest BCUT2D eigenvalue weighted by Gasteiger charge is -2.39. The number of aliphatic hydroxyl groups excluding tert-OH is 1. The van der Waals surface area contributed by atoms with E-state index >= 15 is 0 Å². The van der Waals surface area contributed by atoms with E-state index in [4.69, 9.17) is 5.73 Å². The molecule has 3 rings (SSSR count). The molecule has 0 unspecified atom stereocenters. The van der Waals surface area contributed by atoms with Crippen LogP contribution < -0.4 is 21.7 Å². The summed E-state index contributed by atoms with van der Waals surface area (Å²) in [5.74, 6) is -1.15. The van der Waals surface area contributed by atoms with Crippen molar-refractivity contribution < 1.29 is 24.3 Å². The van der Waals surface area contributed by atoms with E-state index in [-0.39, 0.29) is 29.1 Å². The Kier molecular flexibility index (Phi) is 7.95. The second-order valence-electron chi connectivity index (χ2n) is 14.0. The molecule has 37 heavy (non-hydrogen) atoms. The van der Waals surface area contributed by atoms with Gasteiger partial charge in [-0.25, -0.2) is 4.79 Å². The standard InChI is InChI=1S/C27H47N5O5/c1-25(2,3)20(30-24(37)31-26(4,5)6)23(36)32-13-15-17(27(15,7)8)18(32)22(35)29-16(19(33)21(28)34)12-14-10-9-11-14/h14-20,33H,9-13H2,1-8H3,(H2,28,34)(H,29,35)(H2,30,31,37)/t15-,16+,17-,18-,19-,20+/m0/s1/i23+2. The third-order valence-corrected chi connectivity index (χ3v) is 8.45. The summed E-state index contributed by atoms with van der Waals surface area (Å²) in [6.07, 6.45) is 2.03. The van der Waals surface area contributed by atoms with Crippen molar-refractivity contribution in [3.63, 3.8) is 0 Å². The van der Waals surface area contributed by atoms with E-state index < -0.39 is 47.1 Å². The highest BCUT2D eigenvalue weighted by Gasteiger charge is 2.69. The lowest BCUT2D eigenvalue weighted by atomic mass is 9.79. The fraction of sp³-hybridized carbons (Fsp3) is 0.852. The summed E-state index contributed by atoms with van der Waals surface area (Å²) in [5.41, 5.74) is 4.19. The zero-order chi connectivity index (χ0) is 28.1. The summed E-state index contributed by atoms with van der Waals surface area (Å²) < 4.78 is 0. The van der Waals surface area contributed by atoms with E-state index in [1.165, 1.54) is 0 Å². The van der Waals surface area contributed by atoms with Crippen LogP contribution in [0, 0.1) is 28.6 Å². The largest absolute Gasteiger partial charge is 0.381 e. The van der Waals surface area contributed by atoms with Crippen LogP contribution in [0.2, 0.25) is 0 Å². The first-order valence-electron chi connectivity index (χ1n) is 13.5. The van der Waals surface area contributed by atoms with Crippen molar-refractivity contribution in [3.05, 3.63) is 0 Å². The molecule has 10 nitrogen and oxygen atoms in total. The summed E-state index contributed by atoms with van der Waals surface area (Å²) in [6, 6.07) is -2.86. The van der Waals surface area contributed by atoms with Crippen LogP contribution in [0.3, 0.4) is 0 Å². The van der Waals surface area contributed by atoms with Gasteiger partial charge in [0.15, 0.2) is 6.10 Å². The van der Waals surface area contributed by atoms with Crippen LogP contribution in [0.25, 0.3) is 0 Å². The zero-order valence-electron chi connectivity index (χ0n) is 23.7. The number of primary amides is 1. The van der Waals surface area contributed by atoms with Gasteiger partial charge >= 0.3 is 6.03 Å². The third kappa shape index (κ3) is 6.38. The second kappa shape index (κ2) is 10.1. The molecule has 6 atom stereocenters. The van der Waals surface area contributed by atoms with Crippen molar-refractivity contribution in [1.82, 2.24) is 20.9 Å². The number of likely N-dealkylation sites (tertiary alicyclic amines) is 1. The molecule has 2 saturated carbocycles. The van der Waals surface area contributed by atoms with Gasteiger partial charge in [-0.05, 0) is 55.8 Å². The van der Waals surface area contributed by atoms with E-state index in [1.54, 1.807) is 4.90 Å². The monoisotopic (exact) mass is 523 g/mol. The van der Waals surface area contributed by atoms with Crippen molar-refractivity contribution in [3.8, 4) is 0 Å². The van der Waals surface area contributed by atoms with Gasteiger partial charge in [0, 0.05) is 12.1 Å². The van der Waals surface area contributed by atoms with Crippen molar-refractivity contribution in [2.24, 2.45) is 34.3 Å². The lowest BCUT2D eigenvalue weighted by molar-refractivity contribution is -0.144. The predicted molar refractivity (Wildman–Crippen MR) is 140 cm³/mol. The molecule has 3 aliphatic rings. The van der Waals surface area contributed by atoms with Gasteiger partial charge in [-0.2, -0.15) is 0 Å². The molecule has 0 aromatic rings. The smallest absolute Gasteiger partial charge is 0.315 e. The quantitative estimate of drug-likeness (QED) is 0.326. The SMILES string of the molecule is CC(C)(C)NC(=O)N[C@H]([14C](=O)N1C[C@H]2[C@@H]([C@H]1C(=O)N[C@H](CC1CCC1)[C@H](O)C(N)=O)C2(C)C)C(C)(C)C. The summed E-state index contributed by atoms with van der Waals surface area (Å²) in [4.78, 5) is 53.7. The Morgan fingerprint density at radius 2 is 1.70 bits per heavy atom. The molecule has 1 aliphatic heterocycles. The fourth-order valence-electron chi connectivity index (χ4n) is 5.96. The number of nitrogens with zero attached hydrogens (tertiary/aromatic N) is 1. The number of nitrogens with two attached hydrogens (primary N) is 1. The molecule has 1 saturated heterocycles. The van der Waals surface area contributed by atoms with Crippen molar-refractivity contribution in [2.45, 2.75) is 111 Å². The lowest BCUT2D eigenvalue weighted by Crippen LogP contribution is -2.62. The van der Waals surface area contributed by atoms with E-state index in [1.807, 2.05) is 41.5 Å². The first kappa shape index (κ1) is 29.2. The predicted octanol–water partition coefficient (Wildman–Crippen LogP) is 1.50. The minimum absolute atomic E-state index is 0.0458. The average molecular weight is 524 g/mol. The Bertz CT molecular complexity index is 917. The number of nitrogens with one attached hydrogen (secondary N) is 3. The summed E-state index contributed by atoms with van der Waals surface area (Å²) >= 11 is 0. The number of rotatable bonds is 8. The Hall–Kier alpha value is -2.36. The van der Waals surface area contributed by atoms with Gasteiger partial charge in [0.1, 0.15) is 12.1 Å². The normalized spacial score (nSPS) is 27.3. The highest BCUT2D eigenvalue weighted by atomic mass is 16.3. The number of carbonyl (C=O) groups excluding carboxylic acids is 4. The van der Waals surface area contributed by atoms with Crippen LogP contribution in [0.5, 0.6) is 0 Å². The number of hydrogen-bond acceptors (Lipinski definition) is 5. The molecular weight excluding hydrogens is 476 g/mol. The zero-order valence-corrected chi connectivity index (χ0v) is 23.7. The molecule has 6 N–H and O–H groups in total. The van der Waals surface area contributed by atoms with E-state index in [0.717, 1.165) is 19.3 Å². The Balaban J connectivity index is 1.83. The molecule has 1 heterocycles. The maximum absolute atomic E-state index is 13.9. The number of aliphatic hydroxyl groups is 1. The first-order valence-corrected chi connectivity index (χ1v) is 13.5. The number of piperidine rings is 1. The molecule has 0 aromatic heterocycles. The minimum atomic E-state index is -1.50. The third-order valence-electron chi connectivity index (χ3n) is 8.45. The van der Waals surface area contributed by atoms with Crippen LogP contribution in [-0.2, 0) is 14.4 Å². The van der Waals surface area contributed by atoms with Gasteiger partial charge in [0.2, 0.25) is 17.7 Å². The number of hydrogen-bond donors (Lipinski definition) is 5. The van der Waals surface area contributed by atoms with Gasteiger partial charge in [0.05, 0.1) is 6.04 Å². The molecule has 10 heteroatoms. The number of urea groups is 1. The van der Waals surface area contributed by atoms with Crippen molar-refractivity contribution in [1.29, 1.82) is 0 Å². The summed E-state index contributed by atoms with van der Waals surface area (Å²) in [5, 5.41) is 19.0. The van der Waals surface area contributed by atoms with Crippen LogP contribution in [0.4, 0.5) is 4.79 Å². The number of carbonyl (C=O) groups is 4. The molecule has 0 spiro atoms. The molecule has 0 radical (unpaired) electrons. The molecule has 5 amide bonds. The Morgan fingerprint density at radius 1 is 1.11 bits per heavy atom. The number of amides is 5. The summed E-state index contributed by atoms with van der Waals surface area (Å²) in [7, 11) is 0. The Morgan fingerprint density at radius 3 is 2.16 bits per heavy atom. The maximum Gasteiger partial charge on any atom is 0.315 e. The average Bonchev–Trinajstić information content (AvgIpc) is 3.06. The molecule has 3 fully saturated rings. The van der Waals surface area contributed by atoms with Crippen LogP contribution in [0.15, 0.2) is 0 Å². The van der Waals surface area contributed by atoms with Gasteiger partial charge in [0.25, 0.3) is 0 Å². The van der Waals surface area contributed by atoms with E-state index in [0.29, 0.717) is 18.9 Å². The molecule has 2 aliphatic carbocycles. The van der Waals surface area contributed by atoms with E-state index in [9.17, 15) is 24.3 Å². The van der Waals surface area contributed by atoms with Crippen molar-refractivity contribution >= 4 is 23.8 Å². The molecule has 0 bridgehead atoms. The van der Waals surface area contributed by atoms with Crippen LogP contribution >= 0.6 is 0 Å². The number of fused-ring (bicyclic) bond motifs is 1.